The number of hydrogen-bond donors (Lipinski definition) is 1. The van der Waals surface area contributed by atoms with E-state index in [0.29, 0.717) is 11.4 Å². The lowest BCUT2D eigenvalue weighted by Crippen LogP contribution is -2.16. The van der Waals surface area contributed by atoms with Crippen LogP contribution >= 0.6 is 0 Å². The van der Waals surface area contributed by atoms with Crippen LogP contribution in [0, 0.1) is 24.5 Å². The Bertz CT molecular complexity index is 1120. The normalized spacial score (nSPS) is 13.8. The Hall–Kier alpha value is -3.82. The lowest BCUT2D eigenvalue weighted by molar-refractivity contribution is 0.102. The minimum Gasteiger partial charge on any atom is -0.333 e. The second-order valence-electron chi connectivity index (χ2n) is 6.67. The number of halogens is 2. The minimum absolute atomic E-state index is 0.104. The van der Waals surface area contributed by atoms with E-state index in [1.54, 1.807) is 0 Å². The molecule has 0 spiro atoms. The van der Waals surface area contributed by atoms with E-state index in [1.165, 1.54) is 43.8 Å². The molecule has 0 aliphatic heterocycles. The molecule has 1 saturated carbocycles. The van der Waals surface area contributed by atoms with Gasteiger partial charge in [-0.2, -0.15) is 0 Å². The summed E-state index contributed by atoms with van der Waals surface area (Å²) >= 11 is 0. The molecule has 1 amide bonds. The smallest absolute Gasteiger partial charge is 0.284 e. The highest BCUT2D eigenvalue weighted by Crippen LogP contribution is 2.33. The molecule has 0 radical (unpaired) electrons. The first kappa shape index (κ1) is 19.5. The number of nitrogens with zero attached hydrogens (tertiary/aromatic N) is 5. The van der Waals surface area contributed by atoms with Crippen LogP contribution in [0.15, 0.2) is 48.3 Å². The first-order valence-corrected chi connectivity index (χ1v) is 9.12. The molecule has 0 atom stereocenters. The molecule has 0 bridgehead atoms. The number of oxime groups is 1. The average Bonchev–Trinajstić information content (AvgIpc) is 3.58. The highest BCUT2D eigenvalue weighted by atomic mass is 19.1. The molecule has 152 valence electrons. The van der Waals surface area contributed by atoms with Gasteiger partial charge in [0.15, 0.2) is 11.6 Å². The maximum atomic E-state index is 13.7. The molecule has 0 aromatic carbocycles. The summed E-state index contributed by atoms with van der Waals surface area (Å²) in [5, 5.41) is 6.57. The molecule has 3 heterocycles. The lowest BCUT2D eigenvalue weighted by atomic mass is 10.1. The zero-order valence-corrected chi connectivity index (χ0v) is 15.8. The van der Waals surface area contributed by atoms with Crippen LogP contribution in [-0.2, 0) is 0 Å². The molecule has 4 rings (SSSR count). The van der Waals surface area contributed by atoms with Gasteiger partial charge in [0.1, 0.15) is 17.2 Å². The van der Waals surface area contributed by atoms with Gasteiger partial charge < -0.3 is 10.2 Å². The molecule has 10 heteroatoms. The van der Waals surface area contributed by atoms with Crippen molar-refractivity contribution in [2.45, 2.75) is 19.8 Å². The Morgan fingerprint density at radius 2 is 1.97 bits per heavy atom. The number of hydrogen-bond acceptors (Lipinski definition) is 7. The van der Waals surface area contributed by atoms with Crippen molar-refractivity contribution in [2.24, 2.45) is 11.1 Å². The number of pyridine rings is 2. The number of nitrogens with one attached hydrogen (secondary N) is 1. The molecular formula is C20H16F2N6O2. The van der Waals surface area contributed by atoms with E-state index in [4.69, 9.17) is 4.84 Å². The van der Waals surface area contributed by atoms with Crippen LogP contribution in [-0.4, -0.2) is 31.6 Å². The summed E-state index contributed by atoms with van der Waals surface area (Å²) in [6.07, 6.45) is 8.31. The number of carbonyl (C=O) groups is 1. The number of aromatic nitrogens is 4. The van der Waals surface area contributed by atoms with E-state index < -0.39 is 17.5 Å². The van der Waals surface area contributed by atoms with Crippen LogP contribution in [0.25, 0.3) is 0 Å². The lowest BCUT2D eigenvalue weighted by Gasteiger charge is -2.08. The number of carbonyl (C=O) groups excluding carboxylic acids is 1. The van der Waals surface area contributed by atoms with Gasteiger partial charge in [0, 0.05) is 23.9 Å². The molecule has 1 fully saturated rings. The third-order valence-electron chi connectivity index (χ3n) is 4.47. The summed E-state index contributed by atoms with van der Waals surface area (Å²) in [6.45, 7) is 1.49. The average molecular weight is 410 g/mol. The predicted octanol–water partition coefficient (Wildman–Crippen LogP) is 3.30. The zero-order chi connectivity index (χ0) is 21.1. The molecule has 3 aromatic rings. The fraction of sp³-hybridized carbons (Fsp3) is 0.200. The highest BCUT2D eigenvalue weighted by molar-refractivity contribution is 6.05. The van der Waals surface area contributed by atoms with E-state index in [2.05, 4.69) is 30.4 Å². The van der Waals surface area contributed by atoms with Crippen molar-refractivity contribution in [1.82, 2.24) is 19.9 Å². The van der Waals surface area contributed by atoms with Gasteiger partial charge >= 0.3 is 0 Å². The summed E-state index contributed by atoms with van der Waals surface area (Å²) in [6, 6.07) is 2.68. The van der Waals surface area contributed by atoms with Crippen molar-refractivity contribution >= 4 is 17.4 Å². The molecule has 0 unspecified atom stereocenters. The monoisotopic (exact) mass is 410 g/mol. The summed E-state index contributed by atoms with van der Waals surface area (Å²) in [5.41, 5.74) is 1.26. The Morgan fingerprint density at radius 3 is 2.67 bits per heavy atom. The van der Waals surface area contributed by atoms with Gasteiger partial charge in [-0.25, -0.2) is 23.7 Å². The molecule has 1 N–H and O–H groups in total. The SMILES string of the molecule is Cc1c(F)cncc1C(=O)Nc1cnc(C(=NOc2ncccc2F)C2CC2)cn1. The van der Waals surface area contributed by atoms with Gasteiger partial charge in [-0.05, 0) is 31.9 Å². The van der Waals surface area contributed by atoms with E-state index >= 15 is 0 Å². The summed E-state index contributed by atoms with van der Waals surface area (Å²) in [7, 11) is 0. The molecule has 3 aromatic heterocycles. The molecule has 1 aliphatic carbocycles. The van der Waals surface area contributed by atoms with Gasteiger partial charge in [-0.3, -0.25) is 9.78 Å². The topological polar surface area (TPSA) is 102 Å². The van der Waals surface area contributed by atoms with Crippen LogP contribution in [0.1, 0.15) is 34.5 Å². The van der Waals surface area contributed by atoms with Crippen molar-refractivity contribution in [2.75, 3.05) is 5.32 Å². The van der Waals surface area contributed by atoms with E-state index in [1.807, 2.05) is 0 Å². The van der Waals surface area contributed by atoms with Crippen molar-refractivity contribution in [3.63, 3.8) is 0 Å². The summed E-state index contributed by atoms with van der Waals surface area (Å²) < 4.78 is 27.3. The van der Waals surface area contributed by atoms with Crippen LogP contribution in [0.4, 0.5) is 14.6 Å². The Kier molecular flexibility index (Phi) is 5.38. The first-order valence-electron chi connectivity index (χ1n) is 9.12. The van der Waals surface area contributed by atoms with Crippen LogP contribution < -0.4 is 10.2 Å². The minimum atomic E-state index is -0.623. The second-order valence-corrected chi connectivity index (χ2v) is 6.67. The fourth-order valence-electron chi connectivity index (χ4n) is 2.65. The standard InChI is InChI=1S/C20H16F2N6O2/c1-11-13(7-23-8-15(11)22)19(29)27-17-10-25-16(9-26-17)18(12-4-5-12)28-30-20-14(21)3-2-6-24-20/h2-3,6-10,12H,4-5H2,1H3,(H,26,27,29). The molecule has 8 nitrogen and oxygen atoms in total. The number of amides is 1. The van der Waals surface area contributed by atoms with Crippen LogP contribution in [0.5, 0.6) is 5.88 Å². The first-order chi connectivity index (χ1) is 14.5. The van der Waals surface area contributed by atoms with E-state index in [-0.39, 0.29) is 28.7 Å². The Balaban J connectivity index is 1.50. The van der Waals surface area contributed by atoms with Gasteiger partial charge in [0.05, 0.1) is 24.2 Å². The van der Waals surface area contributed by atoms with Gasteiger partial charge in [0.25, 0.3) is 11.8 Å². The van der Waals surface area contributed by atoms with E-state index in [0.717, 1.165) is 19.0 Å². The number of rotatable bonds is 6. The van der Waals surface area contributed by atoms with Crippen LogP contribution in [0.2, 0.25) is 0 Å². The van der Waals surface area contributed by atoms with Gasteiger partial charge in [-0.1, -0.05) is 5.16 Å². The van der Waals surface area contributed by atoms with Crippen molar-refractivity contribution in [1.29, 1.82) is 0 Å². The van der Waals surface area contributed by atoms with Crippen molar-refractivity contribution in [3.05, 3.63) is 71.6 Å². The third-order valence-corrected chi connectivity index (χ3v) is 4.47. The summed E-state index contributed by atoms with van der Waals surface area (Å²) in [4.78, 5) is 33.4. The maximum Gasteiger partial charge on any atom is 0.284 e. The summed E-state index contributed by atoms with van der Waals surface area (Å²) in [5.74, 6) is -1.66. The molecule has 0 saturated heterocycles. The Labute approximate surface area is 170 Å². The molecular weight excluding hydrogens is 394 g/mol. The van der Waals surface area contributed by atoms with Gasteiger partial charge in [0.2, 0.25) is 0 Å². The quantitative estimate of drug-likeness (QED) is 0.494. The van der Waals surface area contributed by atoms with Gasteiger partial charge in [-0.15, -0.1) is 0 Å². The largest absolute Gasteiger partial charge is 0.333 e. The second kappa shape index (κ2) is 8.27. The zero-order valence-electron chi connectivity index (χ0n) is 15.8. The van der Waals surface area contributed by atoms with Crippen LogP contribution in [0.3, 0.4) is 0 Å². The predicted molar refractivity (Wildman–Crippen MR) is 103 cm³/mol. The third kappa shape index (κ3) is 4.27. The molecule has 30 heavy (non-hydrogen) atoms. The Morgan fingerprint density at radius 1 is 1.13 bits per heavy atom. The maximum absolute atomic E-state index is 13.7. The molecule has 1 aliphatic rings. The van der Waals surface area contributed by atoms with E-state index in [9.17, 15) is 13.6 Å². The van der Waals surface area contributed by atoms with Crippen molar-refractivity contribution in [3.8, 4) is 5.88 Å². The van der Waals surface area contributed by atoms with Crippen molar-refractivity contribution < 1.29 is 18.4 Å². The highest BCUT2D eigenvalue weighted by Gasteiger charge is 2.31. The fourth-order valence-corrected chi connectivity index (χ4v) is 2.65. The number of anilines is 1.